The van der Waals surface area contributed by atoms with Gasteiger partial charge in [-0.3, -0.25) is 9.69 Å². The van der Waals surface area contributed by atoms with Gasteiger partial charge in [-0.05, 0) is 38.3 Å². The van der Waals surface area contributed by atoms with Crippen molar-refractivity contribution >= 4 is 5.97 Å². The van der Waals surface area contributed by atoms with Gasteiger partial charge >= 0.3 is 12.1 Å². The molecule has 6 heteroatoms. The molecule has 0 saturated carbocycles. The molecule has 0 amide bonds. The van der Waals surface area contributed by atoms with Gasteiger partial charge in [-0.15, -0.1) is 0 Å². The predicted molar refractivity (Wildman–Crippen MR) is 52.1 cm³/mol. The highest BCUT2D eigenvalue weighted by Crippen LogP contribution is 2.24. The van der Waals surface area contributed by atoms with Crippen molar-refractivity contribution in [3.8, 4) is 0 Å². The van der Waals surface area contributed by atoms with Gasteiger partial charge in [0.15, 0.2) is 0 Å². The van der Waals surface area contributed by atoms with E-state index in [4.69, 9.17) is 5.11 Å². The van der Waals surface area contributed by atoms with Crippen molar-refractivity contribution in [3.63, 3.8) is 0 Å². The number of likely N-dealkylation sites (tertiary alicyclic amines) is 1. The zero-order valence-electron chi connectivity index (χ0n) is 8.96. The number of carboxylic acids is 1. The number of rotatable bonds is 4. The fourth-order valence-corrected chi connectivity index (χ4v) is 2.01. The Kier molecular flexibility index (Phi) is 4.58. The summed E-state index contributed by atoms with van der Waals surface area (Å²) < 4.78 is 36.2. The third-order valence-corrected chi connectivity index (χ3v) is 2.88. The van der Waals surface area contributed by atoms with E-state index in [9.17, 15) is 18.0 Å². The minimum Gasteiger partial charge on any atom is -0.481 e. The molecule has 3 nitrogen and oxygen atoms in total. The second kappa shape index (κ2) is 5.52. The molecular formula is C10H16F3NO2. The Balaban J connectivity index is 2.21. The van der Waals surface area contributed by atoms with Crippen LogP contribution < -0.4 is 0 Å². The van der Waals surface area contributed by atoms with Crippen LogP contribution in [0.1, 0.15) is 25.7 Å². The lowest BCUT2D eigenvalue weighted by atomic mass is 9.92. The van der Waals surface area contributed by atoms with Gasteiger partial charge in [-0.1, -0.05) is 0 Å². The second-order valence-electron chi connectivity index (χ2n) is 4.27. The molecular weight excluding hydrogens is 223 g/mol. The van der Waals surface area contributed by atoms with Gasteiger partial charge in [0, 0.05) is 6.42 Å². The third kappa shape index (κ3) is 5.34. The quantitative estimate of drug-likeness (QED) is 0.817. The first-order valence-electron chi connectivity index (χ1n) is 5.38. The highest BCUT2D eigenvalue weighted by Gasteiger charge is 2.32. The summed E-state index contributed by atoms with van der Waals surface area (Å²) in [4.78, 5) is 11.7. The normalized spacial score (nSPS) is 19.9. The number of carbonyl (C=O) groups is 1. The smallest absolute Gasteiger partial charge is 0.401 e. The van der Waals surface area contributed by atoms with E-state index in [1.165, 1.54) is 4.90 Å². The van der Waals surface area contributed by atoms with Gasteiger partial charge < -0.3 is 5.11 Å². The summed E-state index contributed by atoms with van der Waals surface area (Å²) in [5.41, 5.74) is 0. The van der Waals surface area contributed by atoms with Gasteiger partial charge in [0.1, 0.15) is 0 Å². The average Bonchev–Trinajstić information content (AvgIpc) is 2.14. The number of hydrogen-bond donors (Lipinski definition) is 1. The Hall–Kier alpha value is -0.780. The SMILES string of the molecule is O=C(O)CCC1CCN(CC(F)(F)F)CC1. The van der Waals surface area contributed by atoms with E-state index < -0.39 is 18.7 Å². The lowest BCUT2D eigenvalue weighted by molar-refractivity contribution is -0.148. The number of halogens is 3. The van der Waals surface area contributed by atoms with Crippen LogP contribution in [0, 0.1) is 5.92 Å². The van der Waals surface area contributed by atoms with E-state index in [0.717, 1.165) is 0 Å². The lowest BCUT2D eigenvalue weighted by Gasteiger charge is -2.32. The fraction of sp³-hybridized carbons (Fsp3) is 0.900. The Morgan fingerprint density at radius 1 is 1.31 bits per heavy atom. The molecule has 0 aromatic carbocycles. The van der Waals surface area contributed by atoms with Crippen LogP contribution in [0.15, 0.2) is 0 Å². The van der Waals surface area contributed by atoms with E-state index in [1.54, 1.807) is 0 Å². The molecule has 0 aliphatic carbocycles. The molecule has 0 radical (unpaired) electrons. The zero-order valence-corrected chi connectivity index (χ0v) is 8.96. The number of carboxylic acid groups (broad SMARTS) is 1. The van der Waals surface area contributed by atoms with Crippen LogP contribution in [0.5, 0.6) is 0 Å². The first kappa shape index (κ1) is 13.3. The molecule has 0 aromatic rings. The van der Waals surface area contributed by atoms with Crippen LogP contribution in [0.3, 0.4) is 0 Å². The molecule has 1 aliphatic rings. The van der Waals surface area contributed by atoms with E-state index in [-0.39, 0.29) is 12.3 Å². The third-order valence-electron chi connectivity index (χ3n) is 2.88. The maximum absolute atomic E-state index is 12.1. The van der Waals surface area contributed by atoms with Crippen LogP contribution in [0.2, 0.25) is 0 Å². The highest BCUT2D eigenvalue weighted by atomic mass is 19.4. The number of hydrogen-bond acceptors (Lipinski definition) is 2. The minimum atomic E-state index is -4.13. The first-order chi connectivity index (χ1) is 7.37. The molecule has 0 unspecified atom stereocenters. The summed E-state index contributed by atoms with van der Waals surface area (Å²) in [6.45, 7) is -0.00770. The Morgan fingerprint density at radius 3 is 2.31 bits per heavy atom. The predicted octanol–water partition coefficient (Wildman–Crippen LogP) is 2.13. The van der Waals surface area contributed by atoms with Crippen molar-refractivity contribution in [1.29, 1.82) is 0 Å². The summed E-state index contributed by atoms with van der Waals surface area (Å²) in [5, 5.41) is 8.49. The summed E-state index contributed by atoms with van der Waals surface area (Å²) >= 11 is 0. The van der Waals surface area contributed by atoms with E-state index in [1.807, 2.05) is 0 Å². The molecule has 0 bridgehead atoms. The van der Waals surface area contributed by atoms with Gasteiger partial charge in [-0.25, -0.2) is 0 Å². The first-order valence-corrected chi connectivity index (χ1v) is 5.38. The van der Waals surface area contributed by atoms with Crippen LogP contribution in [-0.4, -0.2) is 41.8 Å². The average molecular weight is 239 g/mol. The minimum absolute atomic E-state index is 0.115. The van der Waals surface area contributed by atoms with Crippen molar-refractivity contribution in [3.05, 3.63) is 0 Å². The molecule has 1 saturated heterocycles. The fourth-order valence-electron chi connectivity index (χ4n) is 2.01. The lowest BCUT2D eigenvalue weighted by Crippen LogP contribution is -2.40. The Bertz CT molecular complexity index is 235. The number of alkyl halides is 3. The summed E-state index contributed by atoms with van der Waals surface area (Å²) in [6, 6.07) is 0. The van der Waals surface area contributed by atoms with Crippen LogP contribution in [-0.2, 0) is 4.79 Å². The van der Waals surface area contributed by atoms with Gasteiger partial charge in [0.2, 0.25) is 0 Å². The van der Waals surface area contributed by atoms with Crippen molar-refractivity contribution < 1.29 is 23.1 Å². The molecule has 1 heterocycles. The molecule has 16 heavy (non-hydrogen) atoms. The molecule has 0 spiro atoms. The topological polar surface area (TPSA) is 40.5 Å². The van der Waals surface area contributed by atoms with Gasteiger partial charge in [0.05, 0.1) is 6.54 Å². The second-order valence-corrected chi connectivity index (χ2v) is 4.27. The number of piperidine rings is 1. The summed E-state index contributed by atoms with van der Waals surface area (Å²) in [6.07, 6.45) is -2.10. The van der Waals surface area contributed by atoms with E-state index >= 15 is 0 Å². The van der Waals surface area contributed by atoms with Gasteiger partial charge in [-0.2, -0.15) is 13.2 Å². The van der Waals surface area contributed by atoms with E-state index in [2.05, 4.69) is 0 Å². The molecule has 94 valence electrons. The number of nitrogens with zero attached hydrogens (tertiary/aromatic N) is 1. The van der Waals surface area contributed by atoms with Crippen LogP contribution in [0.4, 0.5) is 13.2 Å². The molecule has 0 atom stereocenters. The molecule has 1 fully saturated rings. The van der Waals surface area contributed by atoms with Crippen molar-refractivity contribution in [2.45, 2.75) is 31.9 Å². The highest BCUT2D eigenvalue weighted by molar-refractivity contribution is 5.66. The van der Waals surface area contributed by atoms with Crippen molar-refractivity contribution in [2.75, 3.05) is 19.6 Å². The van der Waals surface area contributed by atoms with Crippen molar-refractivity contribution in [1.82, 2.24) is 4.90 Å². The molecule has 0 aromatic heterocycles. The summed E-state index contributed by atoms with van der Waals surface area (Å²) in [5.74, 6) is -0.571. The monoisotopic (exact) mass is 239 g/mol. The summed E-state index contributed by atoms with van der Waals surface area (Å²) in [7, 11) is 0. The maximum atomic E-state index is 12.1. The molecule has 1 aliphatic heterocycles. The van der Waals surface area contributed by atoms with Crippen LogP contribution in [0.25, 0.3) is 0 Å². The van der Waals surface area contributed by atoms with Crippen LogP contribution >= 0.6 is 0 Å². The number of aliphatic carboxylic acids is 1. The largest absolute Gasteiger partial charge is 0.481 e. The maximum Gasteiger partial charge on any atom is 0.401 e. The Morgan fingerprint density at radius 2 is 1.88 bits per heavy atom. The van der Waals surface area contributed by atoms with Gasteiger partial charge in [0.25, 0.3) is 0 Å². The molecule has 1 rings (SSSR count). The zero-order chi connectivity index (χ0) is 12.2. The Labute approximate surface area is 92.2 Å². The van der Waals surface area contributed by atoms with E-state index in [0.29, 0.717) is 32.4 Å². The standard InChI is InChI=1S/C10H16F3NO2/c11-10(12,13)7-14-5-3-8(4-6-14)1-2-9(15)16/h8H,1-7H2,(H,15,16). The molecule has 1 N–H and O–H groups in total. The van der Waals surface area contributed by atoms with Crippen molar-refractivity contribution in [2.24, 2.45) is 5.92 Å².